The van der Waals surface area contributed by atoms with E-state index >= 15 is 0 Å². The number of aromatic nitrogens is 1. The second-order valence-corrected chi connectivity index (χ2v) is 4.24. The van der Waals surface area contributed by atoms with Crippen molar-refractivity contribution in [2.75, 3.05) is 12.4 Å². The lowest BCUT2D eigenvalue weighted by molar-refractivity contribution is 0.0593. The second kappa shape index (κ2) is 6.08. The standard InChI is InChI=1S/C14H13FN2O4/c1-21-14(20)12-5-3-9(17-12)7-16-8-2-4-11(15)10(6-8)13(18)19/h2-6,16-17H,7H2,1H3,(H,18,19). The minimum Gasteiger partial charge on any atom is -0.478 e. The molecular weight excluding hydrogens is 279 g/mol. The Morgan fingerprint density at radius 2 is 2.10 bits per heavy atom. The Kier molecular flexibility index (Phi) is 4.22. The van der Waals surface area contributed by atoms with E-state index < -0.39 is 23.3 Å². The smallest absolute Gasteiger partial charge is 0.354 e. The van der Waals surface area contributed by atoms with Crippen LogP contribution >= 0.6 is 0 Å². The van der Waals surface area contributed by atoms with Gasteiger partial charge >= 0.3 is 11.9 Å². The van der Waals surface area contributed by atoms with Crippen molar-refractivity contribution in [3.63, 3.8) is 0 Å². The average Bonchev–Trinajstić information content (AvgIpc) is 2.94. The van der Waals surface area contributed by atoms with E-state index in [-0.39, 0.29) is 0 Å². The first-order valence-electron chi connectivity index (χ1n) is 6.04. The molecule has 0 aliphatic carbocycles. The van der Waals surface area contributed by atoms with Crippen LogP contribution in [0.2, 0.25) is 0 Å². The molecule has 21 heavy (non-hydrogen) atoms. The molecule has 0 atom stereocenters. The van der Waals surface area contributed by atoms with Gasteiger partial charge in [0.2, 0.25) is 0 Å². The summed E-state index contributed by atoms with van der Waals surface area (Å²) in [6.45, 7) is 0.321. The lowest BCUT2D eigenvalue weighted by Crippen LogP contribution is -2.05. The van der Waals surface area contributed by atoms with Crippen molar-refractivity contribution in [1.29, 1.82) is 0 Å². The van der Waals surface area contributed by atoms with E-state index in [2.05, 4.69) is 15.0 Å². The van der Waals surface area contributed by atoms with E-state index in [9.17, 15) is 14.0 Å². The van der Waals surface area contributed by atoms with E-state index in [0.29, 0.717) is 23.6 Å². The van der Waals surface area contributed by atoms with Crippen LogP contribution in [0.3, 0.4) is 0 Å². The molecule has 0 amide bonds. The van der Waals surface area contributed by atoms with Crippen LogP contribution in [0.4, 0.5) is 10.1 Å². The lowest BCUT2D eigenvalue weighted by atomic mass is 10.2. The molecule has 0 spiro atoms. The number of esters is 1. The number of carbonyl (C=O) groups is 2. The van der Waals surface area contributed by atoms with Crippen LogP contribution < -0.4 is 5.32 Å². The first kappa shape index (κ1) is 14.6. The zero-order valence-electron chi connectivity index (χ0n) is 11.1. The molecule has 0 radical (unpaired) electrons. The number of benzene rings is 1. The van der Waals surface area contributed by atoms with Gasteiger partial charge in [-0.2, -0.15) is 0 Å². The van der Waals surface area contributed by atoms with Crippen LogP contribution in [0.1, 0.15) is 26.5 Å². The summed E-state index contributed by atoms with van der Waals surface area (Å²) in [5, 5.41) is 11.8. The van der Waals surface area contributed by atoms with Crippen LogP contribution in [0, 0.1) is 5.82 Å². The topological polar surface area (TPSA) is 91.4 Å². The van der Waals surface area contributed by atoms with E-state index in [4.69, 9.17) is 5.11 Å². The number of rotatable bonds is 5. The number of hydrogen-bond acceptors (Lipinski definition) is 4. The minimum atomic E-state index is -1.33. The molecule has 2 rings (SSSR count). The number of H-pyrrole nitrogens is 1. The Labute approximate surface area is 119 Å². The highest BCUT2D eigenvalue weighted by molar-refractivity contribution is 5.89. The molecule has 1 aromatic heterocycles. The maximum absolute atomic E-state index is 13.2. The van der Waals surface area contributed by atoms with Gasteiger partial charge in [-0.05, 0) is 30.3 Å². The summed E-state index contributed by atoms with van der Waals surface area (Å²) >= 11 is 0. The quantitative estimate of drug-likeness (QED) is 0.735. The Morgan fingerprint density at radius 1 is 1.33 bits per heavy atom. The molecular formula is C14H13FN2O4. The third-order valence-corrected chi connectivity index (χ3v) is 2.83. The summed E-state index contributed by atoms with van der Waals surface area (Å²) in [6.07, 6.45) is 0. The maximum Gasteiger partial charge on any atom is 0.354 e. The highest BCUT2D eigenvalue weighted by atomic mass is 19.1. The van der Waals surface area contributed by atoms with E-state index in [1.165, 1.54) is 19.2 Å². The Hall–Kier alpha value is -2.83. The number of methoxy groups -OCH3 is 1. The monoisotopic (exact) mass is 292 g/mol. The number of anilines is 1. The predicted molar refractivity (Wildman–Crippen MR) is 72.8 cm³/mol. The van der Waals surface area contributed by atoms with Gasteiger partial charge in [0, 0.05) is 11.4 Å². The first-order chi connectivity index (χ1) is 10.0. The first-order valence-corrected chi connectivity index (χ1v) is 6.04. The van der Waals surface area contributed by atoms with Crippen molar-refractivity contribution in [3.8, 4) is 0 Å². The van der Waals surface area contributed by atoms with Crippen molar-refractivity contribution in [1.82, 2.24) is 4.98 Å². The molecule has 0 aliphatic heterocycles. The lowest BCUT2D eigenvalue weighted by Gasteiger charge is -2.06. The van der Waals surface area contributed by atoms with Crippen molar-refractivity contribution in [2.24, 2.45) is 0 Å². The molecule has 1 aromatic carbocycles. The van der Waals surface area contributed by atoms with Crippen LogP contribution in [0.25, 0.3) is 0 Å². The number of aromatic carboxylic acids is 1. The van der Waals surface area contributed by atoms with Crippen molar-refractivity contribution >= 4 is 17.6 Å². The number of carboxylic acid groups (broad SMARTS) is 1. The number of carbonyl (C=O) groups excluding carboxylic acids is 1. The van der Waals surface area contributed by atoms with Gasteiger partial charge < -0.3 is 20.1 Å². The molecule has 6 nitrogen and oxygen atoms in total. The van der Waals surface area contributed by atoms with Gasteiger partial charge in [-0.25, -0.2) is 14.0 Å². The van der Waals surface area contributed by atoms with E-state index in [0.717, 1.165) is 6.07 Å². The fraction of sp³-hybridized carbons (Fsp3) is 0.143. The average molecular weight is 292 g/mol. The molecule has 0 saturated carbocycles. The van der Waals surface area contributed by atoms with Gasteiger partial charge in [-0.1, -0.05) is 0 Å². The van der Waals surface area contributed by atoms with Crippen LogP contribution in [0.15, 0.2) is 30.3 Å². The Bertz CT molecular complexity index is 681. The summed E-state index contributed by atoms with van der Waals surface area (Å²) in [4.78, 5) is 25.0. The summed E-state index contributed by atoms with van der Waals surface area (Å²) in [6, 6.07) is 7.01. The zero-order chi connectivity index (χ0) is 15.4. The highest BCUT2D eigenvalue weighted by Gasteiger charge is 2.11. The SMILES string of the molecule is COC(=O)c1ccc(CNc2ccc(F)c(C(=O)O)c2)[nH]1. The van der Waals surface area contributed by atoms with Gasteiger partial charge in [0.25, 0.3) is 0 Å². The van der Waals surface area contributed by atoms with Crippen LogP contribution in [-0.4, -0.2) is 29.1 Å². The van der Waals surface area contributed by atoms with Crippen molar-refractivity contribution < 1.29 is 23.8 Å². The molecule has 110 valence electrons. The molecule has 7 heteroatoms. The fourth-order valence-corrected chi connectivity index (χ4v) is 1.77. The molecule has 3 N–H and O–H groups in total. The van der Waals surface area contributed by atoms with Crippen molar-refractivity contribution in [3.05, 3.63) is 53.1 Å². The van der Waals surface area contributed by atoms with E-state index in [1.54, 1.807) is 12.1 Å². The highest BCUT2D eigenvalue weighted by Crippen LogP contribution is 2.16. The number of hydrogen-bond donors (Lipinski definition) is 3. The minimum absolute atomic E-state index is 0.319. The van der Waals surface area contributed by atoms with Crippen molar-refractivity contribution in [2.45, 2.75) is 6.54 Å². The van der Waals surface area contributed by atoms with Gasteiger partial charge in [0.05, 0.1) is 19.2 Å². The van der Waals surface area contributed by atoms with Gasteiger partial charge in [0.1, 0.15) is 11.5 Å². The molecule has 1 heterocycles. The third kappa shape index (κ3) is 3.38. The fourth-order valence-electron chi connectivity index (χ4n) is 1.77. The Morgan fingerprint density at radius 3 is 2.76 bits per heavy atom. The third-order valence-electron chi connectivity index (χ3n) is 2.83. The Balaban J connectivity index is 2.06. The van der Waals surface area contributed by atoms with Gasteiger partial charge in [-0.3, -0.25) is 0 Å². The molecule has 2 aromatic rings. The molecule has 0 fully saturated rings. The molecule has 0 aliphatic rings. The molecule has 0 saturated heterocycles. The number of aromatic amines is 1. The van der Waals surface area contributed by atoms with Crippen LogP contribution in [-0.2, 0) is 11.3 Å². The number of carboxylic acids is 1. The summed E-state index contributed by atoms with van der Waals surface area (Å²) in [5.74, 6) is -2.60. The van der Waals surface area contributed by atoms with Gasteiger partial charge in [0.15, 0.2) is 0 Å². The summed E-state index contributed by atoms with van der Waals surface area (Å²) in [5.41, 5.74) is 1.08. The summed E-state index contributed by atoms with van der Waals surface area (Å²) < 4.78 is 17.8. The molecule has 0 bridgehead atoms. The maximum atomic E-state index is 13.2. The largest absolute Gasteiger partial charge is 0.478 e. The number of nitrogens with one attached hydrogen (secondary N) is 2. The second-order valence-electron chi connectivity index (χ2n) is 4.24. The summed E-state index contributed by atoms with van der Waals surface area (Å²) in [7, 11) is 1.28. The normalized spacial score (nSPS) is 10.2. The number of ether oxygens (including phenoxy) is 1. The molecule has 0 unspecified atom stereocenters. The predicted octanol–water partition coefficient (Wildman–Crippen LogP) is 2.25. The van der Waals surface area contributed by atoms with Crippen LogP contribution in [0.5, 0.6) is 0 Å². The zero-order valence-corrected chi connectivity index (χ0v) is 11.1. The van der Waals surface area contributed by atoms with E-state index in [1.807, 2.05) is 0 Å². The number of halogens is 1. The van der Waals surface area contributed by atoms with Gasteiger partial charge in [-0.15, -0.1) is 0 Å².